The summed E-state index contributed by atoms with van der Waals surface area (Å²) < 4.78 is 6.45. The number of ether oxygens (including phenoxy) is 1. The zero-order valence-electron chi connectivity index (χ0n) is 11.4. The zero-order chi connectivity index (χ0) is 14.7. The molecule has 2 rings (SSSR count). The van der Waals surface area contributed by atoms with Crippen LogP contribution in [0.3, 0.4) is 0 Å². The van der Waals surface area contributed by atoms with Gasteiger partial charge >= 0.3 is 11.8 Å². The van der Waals surface area contributed by atoms with E-state index in [1.165, 1.54) is 0 Å². The second-order valence-corrected chi connectivity index (χ2v) is 6.06. The Morgan fingerprint density at radius 3 is 2.45 bits per heavy atom. The van der Waals surface area contributed by atoms with Crippen LogP contribution in [-0.2, 0) is 14.3 Å². The number of nitrogens with zero attached hydrogens (tertiary/aromatic N) is 1. The van der Waals surface area contributed by atoms with Crippen molar-refractivity contribution < 1.29 is 14.3 Å². The van der Waals surface area contributed by atoms with Gasteiger partial charge in [-0.15, -0.1) is 0 Å². The van der Waals surface area contributed by atoms with Gasteiger partial charge in [0.05, 0.1) is 17.9 Å². The minimum Gasteiger partial charge on any atom is -0.372 e. The van der Waals surface area contributed by atoms with Crippen LogP contribution in [0, 0.1) is 3.57 Å². The SMILES string of the molecule is CC1CN(C(=O)C(=O)Nc2ccccc2I)CC(C)O1. The van der Waals surface area contributed by atoms with Crippen molar-refractivity contribution in [2.45, 2.75) is 26.1 Å². The lowest BCUT2D eigenvalue weighted by Gasteiger charge is -2.34. The standard InChI is InChI=1S/C14H17IN2O3/c1-9-7-17(8-10(2)20-9)14(19)13(18)16-12-6-4-3-5-11(12)15/h3-6,9-10H,7-8H2,1-2H3,(H,16,18). The van der Waals surface area contributed by atoms with Crippen molar-refractivity contribution in [3.05, 3.63) is 27.8 Å². The maximum atomic E-state index is 12.2. The number of benzene rings is 1. The normalized spacial score (nSPS) is 22.4. The molecule has 0 bridgehead atoms. The predicted octanol–water partition coefficient (Wildman–Crippen LogP) is 1.87. The van der Waals surface area contributed by atoms with Gasteiger partial charge in [-0.3, -0.25) is 9.59 Å². The van der Waals surface area contributed by atoms with Gasteiger partial charge in [0, 0.05) is 16.7 Å². The second kappa shape index (κ2) is 6.53. The number of amides is 2. The Labute approximate surface area is 131 Å². The summed E-state index contributed by atoms with van der Waals surface area (Å²) in [6, 6.07) is 7.35. The van der Waals surface area contributed by atoms with Crippen LogP contribution in [0.4, 0.5) is 5.69 Å². The van der Waals surface area contributed by atoms with Gasteiger partial charge in [-0.05, 0) is 48.6 Å². The van der Waals surface area contributed by atoms with E-state index in [2.05, 4.69) is 27.9 Å². The summed E-state index contributed by atoms with van der Waals surface area (Å²) in [6.07, 6.45) is -0.0975. The van der Waals surface area contributed by atoms with Crippen molar-refractivity contribution >= 4 is 40.1 Å². The van der Waals surface area contributed by atoms with Crippen LogP contribution in [0.15, 0.2) is 24.3 Å². The quantitative estimate of drug-likeness (QED) is 0.591. The highest BCUT2D eigenvalue weighted by atomic mass is 127. The van der Waals surface area contributed by atoms with Gasteiger partial charge in [0.25, 0.3) is 0 Å². The highest BCUT2D eigenvalue weighted by Gasteiger charge is 2.29. The Kier molecular flexibility index (Phi) is 4.98. The summed E-state index contributed by atoms with van der Waals surface area (Å²) in [7, 11) is 0. The maximum Gasteiger partial charge on any atom is 0.313 e. The molecule has 1 aliphatic heterocycles. The molecule has 1 aromatic carbocycles. The smallest absolute Gasteiger partial charge is 0.313 e. The molecule has 0 spiro atoms. The lowest BCUT2D eigenvalue weighted by Crippen LogP contribution is -2.51. The summed E-state index contributed by atoms with van der Waals surface area (Å²) in [5.41, 5.74) is 0.654. The van der Waals surface area contributed by atoms with Crippen molar-refractivity contribution in [2.24, 2.45) is 0 Å². The number of anilines is 1. The fraction of sp³-hybridized carbons (Fsp3) is 0.429. The molecule has 0 saturated carbocycles. The van der Waals surface area contributed by atoms with Gasteiger partial charge in [0.2, 0.25) is 0 Å². The molecule has 1 aromatic rings. The Morgan fingerprint density at radius 2 is 1.85 bits per heavy atom. The fourth-order valence-electron chi connectivity index (χ4n) is 2.23. The van der Waals surface area contributed by atoms with E-state index in [0.717, 1.165) is 3.57 Å². The average Bonchev–Trinajstić information content (AvgIpc) is 2.39. The van der Waals surface area contributed by atoms with Crippen molar-refractivity contribution in [3.8, 4) is 0 Å². The van der Waals surface area contributed by atoms with Crippen LogP contribution in [-0.4, -0.2) is 42.0 Å². The molecule has 1 saturated heterocycles. The number of carbonyl (C=O) groups excluding carboxylic acids is 2. The maximum absolute atomic E-state index is 12.2. The van der Waals surface area contributed by atoms with Crippen LogP contribution in [0.5, 0.6) is 0 Å². The van der Waals surface area contributed by atoms with E-state index in [0.29, 0.717) is 18.8 Å². The highest BCUT2D eigenvalue weighted by Crippen LogP contribution is 2.17. The molecule has 2 atom stereocenters. The van der Waals surface area contributed by atoms with Gasteiger partial charge in [-0.1, -0.05) is 12.1 Å². The van der Waals surface area contributed by atoms with E-state index in [1.54, 1.807) is 11.0 Å². The average molecular weight is 388 g/mol. The third-order valence-corrected chi connectivity index (χ3v) is 3.96. The van der Waals surface area contributed by atoms with E-state index in [9.17, 15) is 9.59 Å². The molecule has 0 aromatic heterocycles. The van der Waals surface area contributed by atoms with Crippen LogP contribution in [0.1, 0.15) is 13.8 Å². The largest absolute Gasteiger partial charge is 0.372 e. The lowest BCUT2D eigenvalue weighted by molar-refractivity contribution is -0.151. The number of para-hydroxylation sites is 1. The molecule has 6 heteroatoms. The Hall–Kier alpha value is -1.15. The highest BCUT2D eigenvalue weighted by molar-refractivity contribution is 14.1. The van der Waals surface area contributed by atoms with E-state index in [4.69, 9.17) is 4.74 Å². The van der Waals surface area contributed by atoms with Crippen LogP contribution in [0.2, 0.25) is 0 Å². The number of hydrogen-bond acceptors (Lipinski definition) is 3. The first-order chi connectivity index (χ1) is 9.47. The summed E-state index contributed by atoms with van der Waals surface area (Å²) in [5.74, 6) is -1.11. The van der Waals surface area contributed by atoms with E-state index >= 15 is 0 Å². The zero-order valence-corrected chi connectivity index (χ0v) is 13.6. The molecule has 1 heterocycles. The summed E-state index contributed by atoms with van der Waals surface area (Å²) in [4.78, 5) is 25.7. The Morgan fingerprint density at radius 1 is 1.25 bits per heavy atom. The number of halogens is 1. The first-order valence-corrected chi connectivity index (χ1v) is 7.55. The minimum absolute atomic E-state index is 0.0487. The molecule has 108 valence electrons. The summed E-state index contributed by atoms with van der Waals surface area (Å²) >= 11 is 2.12. The molecule has 2 unspecified atom stereocenters. The molecule has 2 amide bonds. The minimum atomic E-state index is -0.601. The van der Waals surface area contributed by atoms with Crippen molar-refractivity contribution in [1.29, 1.82) is 0 Å². The van der Waals surface area contributed by atoms with Crippen molar-refractivity contribution in [2.75, 3.05) is 18.4 Å². The van der Waals surface area contributed by atoms with E-state index in [1.807, 2.05) is 32.0 Å². The molecule has 5 nitrogen and oxygen atoms in total. The molecular formula is C14H17IN2O3. The van der Waals surface area contributed by atoms with Crippen LogP contribution < -0.4 is 5.32 Å². The van der Waals surface area contributed by atoms with Gasteiger partial charge in [-0.25, -0.2) is 0 Å². The van der Waals surface area contributed by atoms with Crippen molar-refractivity contribution in [3.63, 3.8) is 0 Å². The third kappa shape index (κ3) is 3.69. The summed E-state index contributed by atoms with van der Waals surface area (Å²) in [6.45, 7) is 4.69. The molecule has 20 heavy (non-hydrogen) atoms. The topological polar surface area (TPSA) is 58.6 Å². The monoisotopic (exact) mass is 388 g/mol. The Bertz CT molecular complexity index is 511. The fourth-order valence-corrected chi connectivity index (χ4v) is 2.75. The van der Waals surface area contributed by atoms with Crippen molar-refractivity contribution in [1.82, 2.24) is 4.90 Å². The number of rotatable bonds is 1. The van der Waals surface area contributed by atoms with Gasteiger partial charge in [0.1, 0.15) is 0 Å². The first kappa shape index (κ1) is 15.2. The molecule has 1 aliphatic rings. The lowest BCUT2D eigenvalue weighted by atomic mass is 10.2. The van der Waals surface area contributed by atoms with Crippen LogP contribution in [0.25, 0.3) is 0 Å². The number of hydrogen-bond donors (Lipinski definition) is 1. The number of morpholine rings is 1. The molecule has 0 aliphatic carbocycles. The van der Waals surface area contributed by atoms with Gasteiger partial charge in [-0.2, -0.15) is 0 Å². The molecule has 1 fully saturated rings. The van der Waals surface area contributed by atoms with Crippen LogP contribution >= 0.6 is 22.6 Å². The van der Waals surface area contributed by atoms with E-state index < -0.39 is 11.8 Å². The third-order valence-electron chi connectivity index (χ3n) is 3.02. The second-order valence-electron chi connectivity index (χ2n) is 4.90. The van der Waals surface area contributed by atoms with Gasteiger partial charge in [0.15, 0.2) is 0 Å². The Balaban J connectivity index is 2.02. The summed E-state index contributed by atoms with van der Waals surface area (Å²) in [5, 5.41) is 2.66. The first-order valence-electron chi connectivity index (χ1n) is 6.47. The predicted molar refractivity (Wildman–Crippen MR) is 84.4 cm³/mol. The van der Waals surface area contributed by atoms with Gasteiger partial charge < -0.3 is 15.0 Å². The molecule has 1 N–H and O–H groups in total. The number of carbonyl (C=O) groups is 2. The molecule has 0 radical (unpaired) electrons. The molecular weight excluding hydrogens is 371 g/mol. The van der Waals surface area contributed by atoms with E-state index in [-0.39, 0.29) is 12.2 Å². The number of nitrogens with one attached hydrogen (secondary N) is 1.